The summed E-state index contributed by atoms with van der Waals surface area (Å²) in [6, 6.07) is 1.39. The van der Waals surface area contributed by atoms with Gasteiger partial charge in [0.2, 0.25) is 0 Å². The lowest BCUT2D eigenvalue weighted by Gasteiger charge is -2.14. The van der Waals surface area contributed by atoms with Crippen molar-refractivity contribution >= 4 is 33.4 Å². The van der Waals surface area contributed by atoms with E-state index < -0.39 is 43.3 Å². The maximum absolute atomic E-state index is 11.7. The molecule has 0 amide bonds. The van der Waals surface area contributed by atoms with Crippen LogP contribution in [0.2, 0.25) is 0 Å². The normalized spacial score (nSPS) is 11.5. The van der Waals surface area contributed by atoms with Crippen LogP contribution < -0.4 is 10.1 Å². The van der Waals surface area contributed by atoms with E-state index in [9.17, 15) is 32.7 Å². The highest BCUT2D eigenvalue weighted by Gasteiger charge is 2.28. The van der Waals surface area contributed by atoms with Gasteiger partial charge in [0.25, 0.3) is 5.69 Å². The molecule has 13 heteroatoms. The van der Waals surface area contributed by atoms with Gasteiger partial charge >= 0.3 is 22.1 Å². The Morgan fingerprint density at radius 1 is 1.23 bits per heavy atom. The van der Waals surface area contributed by atoms with E-state index in [-0.39, 0.29) is 11.4 Å². The number of rotatable bonds is 7. The highest BCUT2D eigenvalue weighted by molar-refractivity contribution is 7.86. The number of nitrogens with zero attached hydrogens (tertiary/aromatic N) is 1. The number of hydrogen-bond donors (Lipinski definition) is 2. The Bertz CT molecular complexity index is 875. The van der Waals surface area contributed by atoms with Crippen molar-refractivity contribution in [1.29, 1.82) is 0 Å². The number of nitrogens with one attached hydrogen (secondary N) is 1. The van der Waals surface area contributed by atoms with Crippen molar-refractivity contribution in [3.63, 3.8) is 0 Å². The molecule has 1 aromatic carbocycles. The first-order valence-electron chi connectivity index (χ1n) is 6.54. The standard InChI is InChI=1S/C13H14N2O10S/c1-23-10-6-9(15(18)19)11(26(20,21)22)4-7(10)14-8(13(17)25-3)5-12(16)24-2/h4-6,14H,1-3H3,(H,20,21,22)/b8-5+. The molecule has 0 unspecified atom stereocenters. The first kappa shape index (κ1) is 20.9. The number of hydrogen-bond acceptors (Lipinski definition) is 10. The minimum absolute atomic E-state index is 0.247. The SMILES string of the molecule is COC(=O)/C=C(/Nc1cc(S(=O)(=O)O)c([N+](=O)[O-])cc1OC)C(=O)OC. The molecule has 142 valence electrons. The van der Waals surface area contributed by atoms with Gasteiger partial charge in [0.15, 0.2) is 4.90 Å². The van der Waals surface area contributed by atoms with Gasteiger partial charge in [-0.2, -0.15) is 8.42 Å². The molecule has 0 saturated heterocycles. The van der Waals surface area contributed by atoms with Gasteiger partial charge in [-0.25, -0.2) is 9.59 Å². The third-order valence-electron chi connectivity index (χ3n) is 2.89. The number of methoxy groups -OCH3 is 3. The second-order valence-electron chi connectivity index (χ2n) is 4.45. The molecule has 0 aliphatic carbocycles. The zero-order valence-corrected chi connectivity index (χ0v) is 14.5. The third-order valence-corrected chi connectivity index (χ3v) is 3.78. The topological polar surface area (TPSA) is 171 Å². The van der Waals surface area contributed by atoms with E-state index in [1.165, 1.54) is 0 Å². The third kappa shape index (κ3) is 4.90. The molecule has 0 fully saturated rings. The smallest absolute Gasteiger partial charge is 0.354 e. The summed E-state index contributed by atoms with van der Waals surface area (Å²) in [5.41, 5.74) is -1.70. The van der Waals surface area contributed by atoms with E-state index in [0.717, 1.165) is 27.4 Å². The summed E-state index contributed by atoms with van der Waals surface area (Å²) < 4.78 is 45.8. The minimum Gasteiger partial charge on any atom is -0.494 e. The highest BCUT2D eigenvalue weighted by atomic mass is 32.2. The quantitative estimate of drug-likeness (QED) is 0.218. The van der Waals surface area contributed by atoms with Gasteiger partial charge in [-0.15, -0.1) is 0 Å². The maximum atomic E-state index is 11.7. The van der Waals surface area contributed by atoms with E-state index in [0.29, 0.717) is 12.1 Å². The Labute approximate surface area is 147 Å². The number of anilines is 1. The van der Waals surface area contributed by atoms with Crippen LogP contribution in [-0.4, -0.2) is 51.2 Å². The van der Waals surface area contributed by atoms with E-state index in [1.54, 1.807) is 0 Å². The van der Waals surface area contributed by atoms with Crippen LogP contribution >= 0.6 is 0 Å². The fourth-order valence-corrected chi connectivity index (χ4v) is 2.41. The van der Waals surface area contributed by atoms with Gasteiger partial charge in [0.05, 0.1) is 44.1 Å². The summed E-state index contributed by atoms with van der Waals surface area (Å²) >= 11 is 0. The molecule has 0 aromatic heterocycles. The van der Waals surface area contributed by atoms with Crippen molar-refractivity contribution in [3.05, 3.63) is 34.0 Å². The molecule has 0 radical (unpaired) electrons. The number of nitro groups is 1. The average molecular weight is 390 g/mol. The van der Waals surface area contributed by atoms with Crippen molar-refractivity contribution in [2.45, 2.75) is 4.90 Å². The minimum atomic E-state index is -4.98. The number of carbonyl (C=O) groups is 2. The van der Waals surface area contributed by atoms with Gasteiger partial charge in [0.1, 0.15) is 11.4 Å². The van der Waals surface area contributed by atoms with E-state index in [4.69, 9.17) is 4.74 Å². The van der Waals surface area contributed by atoms with Crippen LogP contribution in [0.25, 0.3) is 0 Å². The largest absolute Gasteiger partial charge is 0.494 e. The molecule has 0 aliphatic rings. The number of carbonyl (C=O) groups excluding carboxylic acids is 2. The van der Waals surface area contributed by atoms with Crippen molar-refractivity contribution in [1.82, 2.24) is 0 Å². The zero-order chi connectivity index (χ0) is 20.1. The van der Waals surface area contributed by atoms with Crippen molar-refractivity contribution < 1.29 is 41.7 Å². The van der Waals surface area contributed by atoms with Crippen LogP contribution in [0.1, 0.15) is 0 Å². The molecule has 0 heterocycles. The highest BCUT2D eigenvalue weighted by Crippen LogP contribution is 2.36. The molecule has 0 spiro atoms. The molecule has 1 aromatic rings. The lowest BCUT2D eigenvalue weighted by Crippen LogP contribution is -2.16. The first-order valence-corrected chi connectivity index (χ1v) is 7.98. The Kier molecular flexibility index (Phi) is 6.63. The fraction of sp³-hybridized carbons (Fsp3) is 0.231. The Morgan fingerprint density at radius 2 is 1.85 bits per heavy atom. The lowest BCUT2D eigenvalue weighted by molar-refractivity contribution is -0.387. The molecule has 1 rings (SSSR count). The van der Waals surface area contributed by atoms with E-state index in [1.807, 2.05) is 0 Å². The van der Waals surface area contributed by atoms with Gasteiger partial charge in [-0.3, -0.25) is 14.7 Å². The molecule has 0 aliphatic heterocycles. The number of ether oxygens (including phenoxy) is 3. The maximum Gasteiger partial charge on any atom is 0.354 e. The van der Waals surface area contributed by atoms with E-state index >= 15 is 0 Å². The molecular formula is C13H14N2O10S. The second-order valence-corrected chi connectivity index (χ2v) is 5.84. The summed E-state index contributed by atoms with van der Waals surface area (Å²) in [4.78, 5) is 32.0. The molecule has 2 N–H and O–H groups in total. The van der Waals surface area contributed by atoms with Gasteiger partial charge in [-0.05, 0) is 6.07 Å². The predicted molar refractivity (Wildman–Crippen MR) is 85.2 cm³/mol. The second kappa shape index (κ2) is 8.26. The monoisotopic (exact) mass is 390 g/mol. The molecule has 0 saturated carbocycles. The summed E-state index contributed by atoms with van der Waals surface area (Å²) in [6.07, 6.45) is 0.708. The van der Waals surface area contributed by atoms with Crippen LogP contribution in [0.4, 0.5) is 11.4 Å². The Balaban J connectivity index is 3.60. The van der Waals surface area contributed by atoms with Crippen molar-refractivity contribution in [2.75, 3.05) is 26.6 Å². The number of esters is 2. The van der Waals surface area contributed by atoms with Crippen molar-refractivity contribution in [2.24, 2.45) is 0 Å². The van der Waals surface area contributed by atoms with Gasteiger partial charge in [-0.1, -0.05) is 0 Å². The van der Waals surface area contributed by atoms with Crippen LogP contribution in [-0.2, 0) is 29.2 Å². The molecule has 0 atom stereocenters. The van der Waals surface area contributed by atoms with Crippen molar-refractivity contribution in [3.8, 4) is 5.75 Å². The predicted octanol–water partition coefficient (Wildman–Crippen LogP) is 0.492. The lowest BCUT2D eigenvalue weighted by atomic mass is 10.2. The molecule has 12 nitrogen and oxygen atoms in total. The van der Waals surface area contributed by atoms with E-state index in [2.05, 4.69) is 14.8 Å². The van der Waals surface area contributed by atoms with Crippen LogP contribution in [0.15, 0.2) is 28.8 Å². The van der Waals surface area contributed by atoms with Gasteiger partial charge < -0.3 is 19.5 Å². The molecular weight excluding hydrogens is 376 g/mol. The summed E-state index contributed by atoms with van der Waals surface area (Å²) in [5.74, 6) is -2.21. The molecule has 26 heavy (non-hydrogen) atoms. The Hall–Kier alpha value is -3.19. The Morgan fingerprint density at radius 3 is 2.27 bits per heavy atom. The summed E-state index contributed by atoms with van der Waals surface area (Å²) in [5, 5.41) is 13.4. The fourth-order valence-electron chi connectivity index (χ4n) is 1.74. The molecule has 0 bridgehead atoms. The summed E-state index contributed by atoms with van der Waals surface area (Å²) in [6.45, 7) is 0. The first-order chi connectivity index (χ1) is 12.0. The van der Waals surface area contributed by atoms with Crippen LogP contribution in [0.5, 0.6) is 5.75 Å². The number of benzene rings is 1. The van der Waals surface area contributed by atoms with Crippen LogP contribution in [0.3, 0.4) is 0 Å². The van der Waals surface area contributed by atoms with Gasteiger partial charge in [0, 0.05) is 0 Å². The number of nitro benzene ring substituents is 1. The average Bonchev–Trinajstić information content (AvgIpc) is 2.58. The summed E-state index contributed by atoms with van der Waals surface area (Å²) in [7, 11) is -1.78. The zero-order valence-electron chi connectivity index (χ0n) is 13.7. The van der Waals surface area contributed by atoms with Crippen LogP contribution in [0, 0.1) is 10.1 Å².